The molecule has 2 amide bonds. The van der Waals surface area contributed by atoms with E-state index in [-0.39, 0.29) is 10.6 Å². The molecule has 1 aliphatic heterocycles. The summed E-state index contributed by atoms with van der Waals surface area (Å²) in [4.78, 5) is 23.5. The van der Waals surface area contributed by atoms with Gasteiger partial charge in [-0.2, -0.15) is 0 Å². The number of carbonyl (C=O) groups excluding carboxylic acids is 2. The first-order valence-electron chi connectivity index (χ1n) is 4.99. The number of anilines is 1. The first-order chi connectivity index (χ1) is 8.09. The molecule has 0 unspecified atom stereocenters. The third kappa shape index (κ3) is 1.17. The lowest BCUT2D eigenvalue weighted by Crippen LogP contribution is -2.37. The van der Waals surface area contributed by atoms with Gasteiger partial charge in [0.25, 0.3) is 11.8 Å². The highest BCUT2D eigenvalue weighted by molar-refractivity contribution is 6.25. The second-order valence-corrected chi connectivity index (χ2v) is 3.89. The highest BCUT2D eigenvalue weighted by Gasteiger charge is 2.32. The first kappa shape index (κ1) is 9.80. The van der Waals surface area contributed by atoms with E-state index in [0.717, 1.165) is 0 Å². The number of hydroxylamine groups is 2. The van der Waals surface area contributed by atoms with Gasteiger partial charge in [-0.25, -0.2) is 0 Å². The number of rotatable bonds is 0. The Morgan fingerprint density at radius 1 is 1.06 bits per heavy atom. The van der Waals surface area contributed by atoms with E-state index in [2.05, 4.69) is 0 Å². The number of nitrogen functional groups attached to an aromatic ring is 1. The largest absolute Gasteiger partial charge is 0.399 e. The van der Waals surface area contributed by atoms with Gasteiger partial charge in [-0.05, 0) is 23.6 Å². The predicted octanol–water partition coefficient (Wildman–Crippen LogP) is 1.41. The fourth-order valence-corrected chi connectivity index (χ4v) is 2.12. The van der Waals surface area contributed by atoms with Crippen LogP contribution >= 0.6 is 0 Å². The van der Waals surface area contributed by atoms with E-state index in [1.807, 2.05) is 0 Å². The lowest BCUT2D eigenvalue weighted by Gasteiger charge is -2.21. The molecule has 5 heteroatoms. The molecule has 0 fully saturated rings. The molecule has 2 aromatic rings. The van der Waals surface area contributed by atoms with Gasteiger partial charge in [0, 0.05) is 11.1 Å². The molecule has 17 heavy (non-hydrogen) atoms. The van der Waals surface area contributed by atoms with Crippen LogP contribution in [0, 0.1) is 0 Å². The average Bonchev–Trinajstić information content (AvgIpc) is 2.32. The van der Waals surface area contributed by atoms with Crippen molar-refractivity contribution in [1.29, 1.82) is 0 Å². The van der Waals surface area contributed by atoms with Gasteiger partial charge in [-0.15, -0.1) is 5.06 Å². The van der Waals surface area contributed by atoms with Crippen molar-refractivity contribution in [2.24, 2.45) is 0 Å². The molecule has 0 aliphatic carbocycles. The Labute approximate surface area is 96.0 Å². The van der Waals surface area contributed by atoms with Gasteiger partial charge in [0.2, 0.25) is 0 Å². The van der Waals surface area contributed by atoms with Gasteiger partial charge in [-0.3, -0.25) is 14.8 Å². The first-order valence-corrected chi connectivity index (χ1v) is 4.99. The number of nitrogens with zero attached hydrogens (tertiary/aromatic N) is 1. The zero-order valence-corrected chi connectivity index (χ0v) is 8.68. The second kappa shape index (κ2) is 3.05. The summed E-state index contributed by atoms with van der Waals surface area (Å²) in [6, 6.07) is 8.18. The number of imide groups is 1. The SMILES string of the molecule is Nc1cc2c3c(cccc3c1)C(=O)N(O)C2=O. The second-order valence-electron chi connectivity index (χ2n) is 3.89. The Kier molecular flexibility index (Phi) is 1.76. The van der Waals surface area contributed by atoms with Crippen LogP contribution in [0.25, 0.3) is 10.8 Å². The lowest BCUT2D eigenvalue weighted by molar-refractivity contribution is -0.0377. The Balaban J connectivity index is 2.53. The van der Waals surface area contributed by atoms with Gasteiger partial charge < -0.3 is 5.73 Å². The van der Waals surface area contributed by atoms with Crippen LogP contribution < -0.4 is 5.73 Å². The molecule has 1 heterocycles. The van der Waals surface area contributed by atoms with Gasteiger partial charge >= 0.3 is 0 Å². The molecule has 0 bridgehead atoms. The topological polar surface area (TPSA) is 83.6 Å². The van der Waals surface area contributed by atoms with E-state index in [9.17, 15) is 14.8 Å². The Bertz CT molecular complexity index is 679. The highest BCUT2D eigenvalue weighted by Crippen LogP contribution is 2.31. The van der Waals surface area contributed by atoms with Crippen LogP contribution in [0.3, 0.4) is 0 Å². The molecule has 84 valence electrons. The van der Waals surface area contributed by atoms with E-state index in [1.165, 1.54) is 6.07 Å². The van der Waals surface area contributed by atoms with Crippen LogP contribution in [-0.2, 0) is 0 Å². The van der Waals surface area contributed by atoms with Crippen LogP contribution in [0.5, 0.6) is 0 Å². The molecule has 5 nitrogen and oxygen atoms in total. The fraction of sp³-hybridized carbons (Fsp3) is 0. The summed E-state index contributed by atoms with van der Waals surface area (Å²) in [6.45, 7) is 0. The van der Waals surface area contributed by atoms with E-state index in [4.69, 9.17) is 5.73 Å². The third-order valence-electron chi connectivity index (χ3n) is 2.84. The van der Waals surface area contributed by atoms with Crippen molar-refractivity contribution >= 4 is 28.3 Å². The van der Waals surface area contributed by atoms with Gasteiger partial charge in [0.1, 0.15) is 0 Å². The lowest BCUT2D eigenvalue weighted by atomic mass is 9.94. The summed E-state index contributed by atoms with van der Waals surface area (Å²) in [5.41, 5.74) is 6.65. The molecule has 0 radical (unpaired) electrons. The molecule has 0 atom stereocenters. The van der Waals surface area contributed by atoms with Crippen molar-refractivity contribution in [3.63, 3.8) is 0 Å². The summed E-state index contributed by atoms with van der Waals surface area (Å²) in [5.74, 6) is -1.45. The standard InChI is InChI=1S/C12H8N2O3/c13-7-4-6-2-1-3-8-10(6)9(5-7)12(16)14(17)11(8)15/h1-5,17H,13H2. The summed E-state index contributed by atoms with van der Waals surface area (Å²) < 4.78 is 0. The number of hydrogen-bond donors (Lipinski definition) is 2. The fourth-order valence-electron chi connectivity index (χ4n) is 2.12. The van der Waals surface area contributed by atoms with Crippen molar-refractivity contribution in [2.75, 3.05) is 5.73 Å². The molecular formula is C12H8N2O3. The monoisotopic (exact) mass is 228 g/mol. The molecule has 0 saturated heterocycles. The summed E-state index contributed by atoms with van der Waals surface area (Å²) in [7, 11) is 0. The van der Waals surface area contributed by atoms with E-state index >= 15 is 0 Å². The van der Waals surface area contributed by atoms with Crippen molar-refractivity contribution < 1.29 is 14.8 Å². The number of amides is 2. The van der Waals surface area contributed by atoms with Gasteiger partial charge in [-0.1, -0.05) is 12.1 Å². The minimum atomic E-state index is -0.744. The highest BCUT2D eigenvalue weighted by atomic mass is 16.5. The maximum Gasteiger partial charge on any atom is 0.285 e. The summed E-state index contributed by atoms with van der Waals surface area (Å²) >= 11 is 0. The molecule has 0 aromatic heterocycles. The minimum Gasteiger partial charge on any atom is -0.399 e. The third-order valence-corrected chi connectivity index (χ3v) is 2.84. The van der Waals surface area contributed by atoms with Crippen molar-refractivity contribution in [2.45, 2.75) is 0 Å². The van der Waals surface area contributed by atoms with Crippen LogP contribution in [0.15, 0.2) is 30.3 Å². The molecule has 1 aliphatic rings. The van der Waals surface area contributed by atoms with Gasteiger partial charge in [0.05, 0.1) is 11.1 Å². The summed E-state index contributed by atoms with van der Waals surface area (Å²) in [6.07, 6.45) is 0. The Morgan fingerprint density at radius 2 is 1.76 bits per heavy atom. The van der Waals surface area contributed by atoms with Crippen molar-refractivity contribution in [3.05, 3.63) is 41.5 Å². The number of benzene rings is 2. The summed E-state index contributed by atoms with van der Waals surface area (Å²) in [5, 5.41) is 10.8. The van der Waals surface area contributed by atoms with E-state index < -0.39 is 11.8 Å². The Morgan fingerprint density at radius 3 is 2.53 bits per heavy atom. The smallest absolute Gasteiger partial charge is 0.285 e. The van der Waals surface area contributed by atoms with Crippen molar-refractivity contribution in [3.8, 4) is 0 Å². The number of nitrogens with two attached hydrogens (primary N) is 1. The van der Waals surface area contributed by atoms with E-state index in [1.54, 1.807) is 24.3 Å². The van der Waals surface area contributed by atoms with Crippen molar-refractivity contribution in [1.82, 2.24) is 5.06 Å². The number of carbonyl (C=O) groups is 2. The molecule has 3 rings (SSSR count). The zero-order valence-electron chi connectivity index (χ0n) is 8.68. The normalized spacial score (nSPS) is 14.5. The average molecular weight is 228 g/mol. The molecule has 0 saturated carbocycles. The molecule has 0 spiro atoms. The van der Waals surface area contributed by atoms with E-state index in [0.29, 0.717) is 22.0 Å². The maximum absolute atomic E-state index is 11.8. The zero-order chi connectivity index (χ0) is 12.2. The van der Waals surface area contributed by atoms with Gasteiger partial charge in [0.15, 0.2) is 0 Å². The maximum atomic E-state index is 11.8. The number of hydrogen-bond acceptors (Lipinski definition) is 4. The Hall–Kier alpha value is -2.40. The molecular weight excluding hydrogens is 220 g/mol. The van der Waals surface area contributed by atoms with Crippen LogP contribution in [0.1, 0.15) is 20.7 Å². The molecule has 2 aromatic carbocycles. The predicted molar refractivity (Wildman–Crippen MR) is 60.6 cm³/mol. The quantitative estimate of drug-likeness (QED) is 0.405. The van der Waals surface area contributed by atoms with Crippen LogP contribution in [0.2, 0.25) is 0 Å². The molecule has 3 N–H and O–H groups in total. The minimum absolute atomic E-state index is 0.122. The van der Waals surface area contributed by atoms with Crippen LogP contribution in [0.4, 0.5) is 5.69 Å². The van der Waals surface area contributed by atoms with Crippen LogP contribution in [-0.4, -0.2) is 22.1 Å².